The van der Waals surface area contributed by atoms with Gasteiger partial charge in [-0.1, -0.05) is 321 Å². The highest BCUT2D eigenvalue weighted by molar-refractivity contribution is 5.71. The van der Waals surface area contributed by atoms with Gasteiger partial charge in [0, 0.05) is 19.3 Å². The van der Waals surface area contributed by atoms with Crippen molar-refractivity contribution in [3.63, 3.8) is 0 Å². The molecule has 1 atom stereocenters. The summed E-state index contributed by atoms with van der Waals surface area (Å²) in [6.45, 7) is 6.70. The first-order chi connectivity index (χ1) is 37.5. The van der Waals surface area contributed by atoms with Gasteiger partial charge in [0.05, 0.1) is 0 Å². The molecular weight excluding hydrogens is 937 g/mol. The van der Waals surface area contributed by atoms with Crippen LogP contribution < -0.4 is 0 Å². The summed E-state index contributed by atoms with van der Waals surface area (Å²) in [5, 5.41) is 0. The third-order valence-electron chi connectivity index (χ3n) is 15.7. The minimum atomic E-state index is -0.775. The number of carbonyl (C=O) groups is 3. The molecule has 1 unspecified atom stereocenters. The minimum absolute atomic E-state index is 0.0704. The van der Waals surface area contributed by atoms with E-state index >= 15 is 0 Å². The molecule has 0 aliphatic carbocycles. The van der Waals surface area contributed by atoms with Gasteiger partial charge in [-0.25, -0.2) is 0 Å². The minimum Gasteiger partial charge on any atom is -0.462 e. The van der Waals surface area contributed by atoms with E-state index in [0.29, 0.717) is 19.3 Å². The fourth-order valence-corrected chi connectivity index (χ4v) is 10.5. The van der Waals surface area contributed by atoms with Gasteiger partial charge in [0.15, 0.2) is 6.10 Å². The molecule has 0 saturated carbocycles. The Kier molecular flexibility index (Phi) is 63.6. The molecule has 6 heteroatoms. The lowest BCUT2D eigenvalue weighted by Gasteiger charge is -2.18. The maximum Gasteiger partial charge on any atom is 0.306 e. The molecule has 76 heavy (non-hydrogen) atoms. The number of hydrogen-bond donors (Lipinski definition) is 0. The first-order valence-corrected chi connectivity index (χ1v) is 34.3. The van der Waals surface area contributed by atoms with E-state index in [1.165, 1.54) is 283 Å². The van der Waals surface area contributed by atoms with Gasteiger partial charge in [0.1, 0.15) is 13.2 Å². The summed E-state index contributed by atoms with van der Waals surface area (Å²) in [5.74, 6) is -0.854. The highest BCUT2D eigenvalue weighted by Crippen LogP contribution is 2.18. The molecule has 0 radical (unpaired) electrons. The molecule has 0 aromatic carbocycles. The average molecular weight is 1070 g/mol. The Hall–Kier alpha value is -2.11. The van der Waals surface area contributed by atoms with Gasteiger partial charge in [0.25, 0.3) is 0 Å². The fraction of sp³-hybridized carbons (Fsp3) is 0.900. The zero-order chi connectivity index (χ0) is 55.0. The van der Waals surface area contributed by atoms with Gasteiger partial charge in [-0.15, -0.1) is 0 Å². The van der Waals surface area contributed by atoms with Gasteiger partial charge in [0.2, 0.25) is 0 Å². The lowest BCUT2D eigenvalue weighted by molar-refractivity contribution is -0.167. The summed E-state index contributed by atoms with van der Waals surface area (Å²) in [5.41, 5.74) is 0. The van der Waals surface area contributed by atoms with E-state index in [1.807, 2.05) is 0 Å². The van der Waals surface area contributed by atoms with Crippen LogP contribution >= 0.6 is 0 Å². The smallest absolute Gasteiger partial charge is 0.306 e. The Balaban J connectivity index is 4.28. The molecule has 0 amide bonds. The second-order valence-electron chi connectivity index (χ2n) is 23.4. The zero-order valence-corrected chi connectivity index (χ0v) is 51.6. The van der Waals surface area contributed by atoms with Crippen molar-refractivity contribution in [3.8, 4) is 0 Å². The number of carbonyl (C=O) groups excluding carboxylic acids is 3. The third kappa shape index (κ3) is 62.7. The number of unbranched alkanes of at least 4 members (excludes halogenated alkanes) is 49. The Morgan fingerprint density at radius 3 is 0.658 bits per heavy atom. The average Bonchev–Trinajstić information content (AvgIpc) is 3.42. The van der Waals surface area contributed by atoms with Crippen LogP contribution in [0.1, 0.15) is 387 Å². The van der Waals surface area contributed by atoms with Crippen LogP contribution in [0.3, 0.4) is 0 Å². The van der Waals surface area contributed by atoms with E-state index in [1.54, 1.807) is 0 Å². The molecule has 6 nitrogen and oxygen atoms in total. The van der Waals surface area contributed by atoms with Crippen molar-refractivity contribution >= 4 is 17.9 Å². The molecular formula is C70H132O6. The number of hydrogen-bond acceptors (Lipinski definition) is 6. The molecule has 0 aromatic rings. The highest BCUT2D eigenvalue weighted by atomic mass is 16.6. The van der Waals surface area contributed by atoms with Crippen LogP contribution in [0.15, 0.2) is 24.3 Å². The summed E-state index contributed by atoms with van der Waals surface area (Å²) in [7, 11) is 0. The molecule has 448 valence electrons. The van der Waals surface area contributed by atoms with Crippen LogP contribution in [-0.4, -0.2) is 37.2 Å². The SMILES string of the molecule is CCCCCCCCC/C=C\CCCCCCCCCC(=O)OC(COC(=O)CCCCCCC/C=C\CCCCCCCCC)COC(=O)CCCCCCCCCCCCCCCCCCCCCCCCCC. The standard InChI is InChI=1S/C70H132O6/c1-4-7-10-13-16-19-22-25-28-31-33-34-35-36-37-38-40-42-45-48-51-54-57-60-63-69(72)75-66-67(65-74-68(71)62-59-56-53-50-47-44-41-30-27-24-21-18-15-12-9-6-3)76-70(73)64-61-58-55-52-49-46-43-39-32-29-26-23-20-17-14-11-8-5-2/h29-30,32,41,67H,4-28,31,33-40,42-66H2,1-3H3/b32-29-,41-30-. The quantitative estimate of drug-likeness (QED) is 0.0261. The summed E-state index contributed by atoms with van der Waals surface area (Å²) >= 11 is 0. The lowest BCUT2D eigenvalue weighted by Crippen LogP contribution is -2.30. The monoisotopic (exact) mass is 1070 g/mol. The Bertz CT molecular complexity index is 1230. The van der Waals surface area contributed by atoms with Crippen LogP contribution in [0.25, 0.3) is 0 Å². The molecule has 0 aromatic heterocycles. The van der Waals surface area contributed by atoms with E-state index in [-0.39, 0.29) is 31.1 Å². The van der Waals surface area contributed by atoms with Crippen molar-refractivity contribution in [1.82, 2.24) is 0 Å². The molecule has 0 fully saturated rings. The maximum atomic E-state index is 12.9. The van der Waals surface area contributed by atoms with Crippen molar-refractivity contribution in [3.05, 3.63) is 24.3 Å². The number of allylic oxidation sites excluding steroid dienone is 4. The summed E-state index contributed by atoms with van der Waals surface area (Å²) in [6, 6.07) is 0. The van der Waals surface area contributed by atoms with Crippen LogP contribution in [-0.2, 0) is 28.6 Å². The van der Waals surface area contributed by atoms with Gasteiger partial charge in [-0.2, -0.15) is 0 Å². The topological polar surface area (TPSA) is 78.9 Å². The van der Waals surface area contributed by atoms with E-state index in [9.17, 15) is 14.4 Å². The zero-order valence-electron chi connectivity index (χ0n) is 51.6. The lowest BCUT2D eigenvalue weighted by atomic mass is 10.0. The van der Waals surface area contributed by atoms with Crippen molar-refractivity contribution in [2.45, 2.75) is 393 Å². The predicted octanol–water partition coefficient (Wildman–Crippen LogP) is 23.4. The van der Waals surface area contributed by atoms with E-state index < -0.39 is 6.10 Å². The van der Waals surface area contributed by atoms with Gasteiger partial charge < -0.3 is 14.2 Å². The number of ether oxygens (including phenoxy) is 3. The molecule has 0 aliphatic heterocycles. The summed E-state index contributed by atoms with van der Waals surface area (Å²) in [6.07, 6.45) is 79.1. The molecule has 0 spiro atoms. The number of esters is 3. The van der Waals surface area contributed by atoms with Crippen molar-refractivity contribution in [2.75, 3.05) is 13.2 Å². The Labute approximate surface area is 474 Å². The van der Waals surface area contributed by atoms with Crippen LogP contribution in [0.5, 0.6) is 0 Å². The van der Waals surface area contributed by atoms with Crippen LogP contribution in [0.4, 0.5) is 0 Å². The third-order valence-corrected chi connectivity index (χ3v) is 15.7. The molecule has 0 N–H and O–H groups in total. The van der Waals surface area contributed by atoms with Crippen molar-refractivity contribution < 1.29 is 28.6 Å². The normalized spacial score (nSPS) is 12.1. The molecule has 0 bridgehead atoms. The van der Waals surface area contributed by atoms with Gasteiger partial charge in [-0.05, 0) is 70.6 Å². The molecule has 0 saturated heterocycles. The van der Waals surface area contributed by atoms with Crippen molar-refractivity contribution in [1.29, 1.82) is 0 Å². The van der Waals surface area contributed by atoms with Crippen LogP contribution in [0.2, 0.25) is 0 Å². The van der Waals surface area contributed by atoms with E-state index in [0.717, 1.165) is 64.2 Å². The van der Waals surface area contributed by atoms with E-state index in [2.05, 4.69) is 45.1 Å². The molecule has 0 rings (SSSR count). The largest absolute Gasteiger partial charge is 0.462 e. The highest BCUT2D eigenvalue weighted by Gasteiger charge is 2.19. The van der Waals surface area contributed by atoms with Crippen molar-refractivity contribution in [2.24, 2.45) is 0 Å². The fourth-order valence-electron chi connectivity index (χ4n) is 10.5. The van der Waals surface area contributed by atoms with Gasteiger partial charge in [-0.3, -0.25) is 14.4 Å². The maximum absolute atomic E-state index is 12.9. The van der Waals surface area contributed by atoms with E-state index in [4.69, 9.17) is 14.2 Å². The summed E-state index contributed by atoms with van der Waals surface area (Å²) in [4.78, 5) is 38.4. The first kappa shape index (κ1) is 73.9. The second-order valence-corrected chi connectivity index (χ2v) is 23.4. The Morgan fingerprint density at radius 2 is 0.434 bits per heavy atom. The Morgan fingerprint density at radius 1 is 0.250 bits per heavy atom. The van der Waals surface area contributed by atoms with Crippen LogP contribution in [0, 0.1) is 0 Å². The predicted molar refractivity (Wildman–Crippen MR) is 330 cm³/mol. The first-order valence-electron chi connectivity index (χ1n) is 34.3. The summed E-state index contributed by atoms with van der Waals surface area (Å²) < 4.78 is 17.0. The molecule has 0 heterocycles. The molecule has 0 aliphatic rings. The number of rotatable bonds is 64. The second kappa shape index (κ2) is 65.4. The van der Waals surface area contributed by atoms with Gasteiger partial charge >= 0.3 is 17.9 Å².